The van der Waals surface area contributed by atoms with Gasteiger partial charge in [0.25, 0.3) is 5.56 Å². The summed E-state index contributed by atoms with van der Waals surface area (Å²) >= 11 is 0. The van der Waals surface area contributed by atoms with Gasteiger partial charge in [0, 0.05) is 20.6 Å². The highest BCUT2D eigenvalue weighted by atomic mass is 16.5. The Morgan fingerprint density at radius 3 is 2.65 bits per heavy atom. The Labute approximate surface area is 115 Å². The third kappa shape index (κ3) is 2.60. The Balaban J connectivity index is 2.26. The number of H-pyrrole nitrogens is 1. The van der Waals surface area contributed by atoms with Crippen molar-refractivity contribution in [3.63, 3.8) is 0 Å². The van der Waals surface area contributed by atoms with Gasteiger partial charge in [-0.1, -0.05) is 0 Å². The van der Waals surface area contributed by atoms with Gasteiger partial charge in [0.1, 0.15) is 0 Å². The molecule has 0 fully saturated rings. The monoisotopic (exact) mass is 281 g/mol. The number of nitrogens with zero attached hydrogens (tertiary/aromatic N) is 3. The van der Waals surface area contributed by atoms with Gasteiger partial charge in [0.2, 0.25) is 5.95 Å². The van der Waals surface area contributed by atoms with E-state index >= 15 is 0 Å². The van der Waals surface area contributed by atoms with Crippen molar-refractivity contribution in [1.82, 2.24) is 19.1 Å². The molecule has 20 heavy (non-hydrogen) atoms. The number of rotatable bonds is 5. The lowest BCUT2D eigenvalue weighted by Gasteiger charge is -2.07. The van der Waals surface area contributed by atoms with E-state index in [1.165, 1.54) is 11.6 Å². The standard InChI is InChI=1S/C12H19N5O3/c1-7(2)20-6-5-13-11-14-8-9(15-11)16(3)12(19)17(4)10(8)18/h7H,5-6H2,1-4H3,(H2,13,14,15). The van der Waals surface area contributed by atoms with Gasteiger partial charge in [-0.2, -0.15) is 4.98 Å². The first-order chi connectivity index (χ1) is 9.41. The number of nitrogens with one attached hydrogen (secondary N) is 2. The first-order valence-electron chi connectivity index (χ1n) is 6.43. The van der Waals surface area contributed by atoms with Crippen LogP contribution in [0.3, 0.4) is 0 Å². The van der Waals surface area contributed by atoms with Gasteiger partial charge in [0.15, 0.2) is 11.2 Å². The van der Waals surface area contributed by atoms with E-state index in [9.17, 15) is 9.59 Å². The van der Waals surface area contributed by atoms with E-state index in [1.807, 2.05) is 13.8 Å². The molecule has 0 bridgehead atoms. The van der Waals surface area contributed by atoms with Gasteiger partial charge in [-0.25, -0.2) is 4.79 Å². The van der Waals surface area contributed by atoms with Crippen LogP contribution in [0.1, 0.15) is 13.8 Å². The van der Waals surface area contributed by atoms with Crippen molar-refractivity contribution in [2.24, 2.45) is 14.1 Å². The van der Waals surface area contributed by atoms with Crippen LogP contribution in [0.25, 0.3) is 11.2 Å². The molecule has 0 aliphatic heterocycles. The highest BCUT2D eigenvalue weighted by Crippen LogP contribution is 2.07. The van der Waals surface area contributed by atoms with Gasteiger partial charge < -0.3 is 15.0 Å². The van der Waals surface area contributed by atoms with Crippen LogP contribution in [0.15, 0.2) is 9.59 Å². The van der Waals surface area contributed by atoms with Crippen LogP contribution in [0, 0.1) is 0 Å². The molecule has 2 rings (SSSR count). The zero-order valence-corrected chi connectivity index (χ0v) is 12.1. The predicted molar refractivity (Wildman–Crippen MR) is 76.2 cm³/mol. The first-order valence-corrected chi connectivity index (χ1v) is 6.43. The van der Waals surface area contributed by atoms with Crippen molar-refractivity contribution in [2.45, 2.75) is 20.0 Å². The normalized spacial score (nSPS) is 11.4. The third-order valence-corrected chi connectivity index (χ3v) is 2.94. The Hall–Kier alpha value is -2.09. The van der Waals surface area contributed by atoms with E-state index in [1.54, 1.807) is 7.05 Å². The lowest BCUT2D eigenvalue weighted by atomic mass is 10.5. The van der Waals surface area contributed by atoms with Crippen LogP contribution in [-0.2, 0) is 18.8 Å². The summed E-state index contributed by atoms with van der Waals surface area (Å²) in [5.74, 6) is 0.450. The number of aryl methyl sites for hydroxylation is 1. The molecule has 0 aliphatic carbocycles. The molecule has 0 aromatic carbocycles. The largest absolute Gasteiger partial charge is 0.377 e. The van der Waals surface area contributed by atoms with E-state index in [0.717, 1.165) is 4.57 Å². The van der Waals surface area contributed by atoms with Crippen LogP contribution in [0.5, 0.6) is 0 Å². The van der Waals surface area contributed by atoms with E-state index < -0.39 is 5.69 Å². The minimum absolute atomic E-state index is 0.167. The van der Waals surface area contributed by atoms with Crippen LogP contribution in [0.2, 0.25) is 0 Å². The second kappa shape index (κ2) is 5.49. The number of aromatic nitrogens is 4. The van der Waals surface area contributed by atoms with Crippen molar-refractivity contribution in [2.75, 3.05) is 18.5 Å². The molecular weight excluding hydrogens is 262 g/mol. The van der Waals surface area contributed by atoms with Crippen LogP contribution < -0.4 is 16.6 Å². The van der Waals surface area contributed by atoms with Crippen molar-refractivity contribution >= 4 is 17.1 Å². The number of imidazole rings is 1. The Kier molecular flexibility index (Phi) is 3.93. The molecule has 0 unspecified atom stereocenters. The quantitative estimate of drug-likeness (QED) is 0.740. The maximum absolute atomic E-state index is 12.0. The Morgan fingerprint density at radius 1 is 1.30 bits per heavy atom. The average Bonchev–Trinajstić information content (AvgIpc) is 2.83. The van der Waals surface area contributed by atoms with Gasteiger partial charge in [0.05, 0.1) is 12.7 Å². The van der Waals surface area contributed by atoms with E-state index in [0.29, 0.717) is 30.3 Å². The summed E-state index contributed by atoms with van der Waals surface area (Å²) in [6.45, 7) is 5.01. The second-order valence-corrected chi connectivity index (χ2v) is 4.84. The van der Waals surface area contributed by atoms with Crippen molar-refractivity contribution in [1.29, 1.82) is 0 Å². The number of anilines is 1. The smallest absolute Gasteiger partial charge is 0.332 e. The topological polar surface area (TPSA) is 93.9 Å². The molecule has 110 valence electrons. The number of fused-ring (bicyclic) bond motifs is 1. The van der Waals surface area contributed by atoms with Crippen molar-refractivity contribution in [3.05, 3.63) is 20.8 Å². The van der Waals surface area contributed by atoms with Crippen molar-refractivity contribution < 1.29 is 4.74 Å². The van der Waals surface area contributed by atoms with E-state index in [4.69, 9.17) is 4.74 Å². The molecule has 2 aromatic heterocycles. The predicted octanol–water partition coefficient (Wildman–Crippen LogP) is -0.203. The van der Waals surface area contributed by atoms with Gasteiger partial charge in [-0.05, 0) is 13.8 Å². The maximum atomic E-state index is 12.0. The molecule has 0 aliphatic rings. The SMILES string of the molecule is CC(C)OCCNc1nc2c([nH]1)c(=O)n(C)c(=O)n2C. The highest BCUT2D eigenvalue weighted by molar-refractivity contribution is 5.72. The molecule has 8 nitrogen and oxygen atoms in total. The molecule has 2 heterocycles. The number of ether oxygens (including phenoxy) is 1. The fourth-order valence-electron chi connectivity index (χ4n) is 1.87. The van der Waals surface area contributed by atoms with Crippen LogP contribution in [0.4, 0.5) is 5.95 Å². The van der Waals surface area contributed by atoms with Gasteiger partial charge >= 0.3 is 5.69 Å². The highest BCUT2D eigenvalue weighted by Gasteiger charge is 2.12. The van der Waals surface area contributed by atoms with Crippen LogP contribution in [-0.4, -0.2) is 38.4 Å². The second-order valence-electron chi connectivity index (χ2n) is 4.84. The molecule has 0 saturated heterocycles. The van der Waals surface area contributed by atoms with E-state index in [-0.39, 0.29) is 11.7 Å². The molecule has 8 heteroatoms. The molecular formula is C12H19N5O3. The first kappa shape index (κ1) is 14.3. The lowest BCUT2D eigenvalue weighted by Crippen LogP contribution is -2.36. The van der Waals surface area contributed by atoms with Gasteiger partial charge in [-0.3, -0.25) is 13.9 Å². The van der Waals surface area contributed by atoms with E-state index in [2.05, 4.69) is 15.3 Å². The molecule has 0 saturated carbocycles. The van der Waals surface area contributed by atoms with Gasteiger partial charge in [-0.15, -0.1) is 0 Å². The van der Waals surface area contributed by atoms with Crippen LogP contribution >= 0.6 is 0 Å². The maximum Gasteiger partial charge on any atom is 0.332 e. The average molecular weight is 281 g/mol. The molecule has 0 spiro atoms. The zero-order valence-electron chi connectivity index (χ0n) is 12.1. The minimum Gasteiger partial charge on any atom is -0.377 e. The summed E-state index contributed by atoms with van der Waals surface area (Å²) in [6, 6.07) is 0. The summed E-state index contributed by atoms with van der Waals surface area (Å²) in [7, 11) is 3.02. The summed E-state index contributed by atoms with van der Waals surface area (Å²) < 4.78 is 7.78. The summed E-state index contributed by atoms with van der Waals surface area (Å²) in [5.41, 5.74) is -0.141. The fraction of sp³-hybridized carbons (Fsp3) is 0.583. The number of aromatic amines is 1. The molecule has 0 amide bonds. The lowest BCUT2D eigenvalue weighted by molar-refractivity contribution is 0.0870. The fourth-order valence-corrected chi connectivity index (χ4v) is 1.87. The summed E-state index contributed by atoms with van der Waals surface area (Å²) in [6.07, 6.45) is 0.167. The molecule has 2 N–H and O–H groups in total. The minimum atomic E-state index is -0.399. The Morgan fingerprint density at radius 2 is 2.00 bits per heavy atom. The zero-order chi connectivity index (χ0) is 14.9. The molecule has 0 radical (unpaired) electrons. The summed E-state index contributed by atoms with van der Waals surface area (Å²) in [5, 5.41) is 3.03. The third-order valence-electron chi connectivity index (χ3n) is 2.94. The number of hydrogen-bond acceptors (Lipinski definition) is 5. The molecule has 0 atom stereocenters. The Bertz CT molecular complexity index is 725. The molecule has 2 aromatic rings. The van der Waals surface area contributed by atoms with Crippen molar-refractivity contribution in [3.8, 4) is 0 Å². The number of hydrogen-bond donors (Lipinski definition) is 2. The summed E-state index contributed by atoms with van der Waals surface area (Å²) in [4.78, 5) is 30.8.